The largest absolute Gasteiger partial charge is 0.780 e. The van der Waals surface area contributed by atoms with Gasteiger partial charge in [0.15, 0.2) is 6.80 Å². The fourth-order valence-corrected chi connectivity index (χ4v) is 16.6. The molecule has 0 fully saturated rings. The average molecular weight is 2100 g/mol. The topological polar surface area (TPSA) is 294 Å². The first-order valence-electron chi connectivity index (χ1n) is 53.5. The summed E-state index contributed by atoms with van der Waals surface area (Å²) in [4.78, 5) is 81.7. The maximum atomic E-state index is 12.1. The number of allylic oxidation sites excluding steroid dienone is 26. The Balaban J connectivity index is -0.000000894. The lowest BCUT2D eigenvalue weighted by atomic mass is 10.0. The van der Waals surface area contributed by atoms with Crippen LogP contribution in [0.15, 0.2) is 153 Å². The maximum absolute atomic E-state index is 12.1. The molecule has 28 heteroatoms. The Morgan fingerprint density at radius 2 is 0.529 bits per heavy atom. The van der Waals surface area contributed by atoms with E-state index < -0.39 is 28.1 Å². The summed E-state index contributed by atoms with van der Waals surface area (Å²) in [7, 11) is 0.863. The van der Waals surface area contributed by atoms with Crippen molar-refractivity contribution >= 4 is 87.5 Å². The highest BCUT2D eigenvalue weighted by atomic mass is 32.7. The third-order valence-electron chi connectivity index (χ3n) is 23.1. The van der Waals surface area contributed by atoms with Gasteiger partial charge in [-0.3, -0.25) is 28.3 Å². The van der Waals surface area contributed by atoms with Crippen molar-refractivity contribution < 1.29 is 79.2 Å². The number of amides is 4. The molecule has 0 aliphatic heterocycles. The zero-order chi connectivity index (χ0) is 105. The second-order valence-electron chi connectivity index (χ2n) is 37.4. The van der Waals surface area contributed by atoms with Gasteiger partial charge >= 0.3 is 0 Å². The molecule has 0 saturated heterocycles. The van der Waals surface area contributed by atoms with Crippen LogP contribution in [0.1, 0.15) is 456 Å². The molecule has 21 nitrogen and oxygen atoms in total. The molecule has 0 aromatic heterocycles. The summed E-state index contributed by atoms with van der Waals surface area (Å²) < 4.78 is 60.2. The molecule has 4 N–H and O–H groups in total. The van der Waals surface area contributed by atoms with Crippen LogP contribution in [0.5, 0.6) is 0 Å². The van der Waals surface area contributed by atoms with E-state index >= 15 is 0 Å². The molecular weight excluding hydrogens is 1890 g/mol. The molecule has 4 unspecified atom stereocenters. The van der Waals surface area contributed by atoms with E-state index in [1.165, 1.54) is 148 Å². The highest BCUT2D eigenvalue weighted by Crippen LogP contribution is 2.44. The van der Waals surface area contributed by atoms with Crippen molar-refractivity contribution in [3.63, 3.8) is 0 Å². The summed E-state index contributed by atoms with van der Waals surface area (Å²) >= 11 is 14.0. The minimum atomic E-state index is -4.11. The standard InChI is InChI=1S/C34H60NO5P.C34H60NO4PS.C25H46NO4PS.C19H40NO4PS/c1-29(2)17-14-20-32(5)23-15-21-30(3)18-10-11-19-31(4)22-16-24-33(6)25-26-34(36)35-27-12-8-9-13-28-40-41(37,38)39-7;1-29(2)17-14-20-32(5)23-15-21-30(3)18-10-11-19-31(4)22-16-24-33(6)25-26-34(36)35-27-12-8-9-13-28-39-40(37,41)38-7;1-3-4-5-6-7-8-9-10-11-12-13-14-15-16-19-22-25(27)26-23-20-17-18-21-24-30-31(28,32)29-2;1-3-4-5-6-7-8-9-10-13-16-19(21)20-17-14-11-12-15-18-24-25(22,26)23-2/h17-19,23-24H,8-16,20-22,25-28H2,1-7H3,(H,35,36)(H,37,38);17-19,23-24H,8-16,20-22,25-28H2,1-7H3,(H,35,36)(H,37,41);4-5,7-8,10-11H,3,6,9,12-24H2,1-2H3,(H,26,27)(H,28,32);3-18H2,1-2H3,(H,20,21)(H,22,26)/p-4/b2*30-18+,31-19+,32-23+,33-24+;5-4-,8-7-,11-10-;. The van der Waals surface area contributed by atoms with Crippen molar-refractivity contribution in [3.05, 3.63) is 153 Å². The number of phosphoric acid groups is 1. The van der Waals surface area contributed by atoms with Gasteiger partial charge < -0.3 is 84.4 Å². The number of hydrogen-bond donors (Lipinski definition) is 4. The van der Waals surface area contributed by atoms with Gasteiger partial charge in [0.05, 0.1) is 26.4 Å². The van der Waals surface area contributed by atoms with Crippen molar-refractivity contribution in [2.24, 2.45) is 0 Å². The molecule has 0 aromatic rings. The number of carbonyl (C=O) groups excluding carboxylic acids is 4. The Bertz CT molecular complexity index is 3580. The minimum Gasteiger partial charge on any atom is -0.780 e. The van der Waals surface area contributed by atoms with Crippen LogP contribution in [0.25, 0.3) is 0 Å². The van der Waals surface area contributed by atoms with Crippen molar-refractivity contribution in [2.45, 2.75) is 456 Å². The minimum absolute atomic E-state index is 0.0820. The second-order valence-corrected chi connectivity index (χ2v) is 47.5. The lowest BCUT2D eigenvalue weighted by Crippen LogP contribution is -2.24. The Morgan fingerprint density at radius 3 is 0.836 bits per heavy atom. The smallest absolute Gasteiger partial charge is 0.267 e. The van der Waals surface area contributed by atoms with Crippen molar-refractivity contribution in [2.75, 3.05) is 81.0 Å². The lowest BCUT2D eigenvalue weighted by molar-refractivity contribution is -0.223. The lowest BCUT2D eigenvalue weighted by Gasteiger charge is -2.24. The average Bonchev–Trinajstić information content (AvgIpc) is 0.963. The third kappa shape index (κ3) is 114. The van der Waals surface area contributed by atoms with Crippen LogP contribution >= 0.6 is 28.1 Å². The molecule has 140 heavy (non-hydrogen) atoms. The number of phosphoric ester groups is 1. The maximum Gasteiger partial charge on any atom is 0.267 e. The van der Waals surface area contributed by atoms with E-state index in [1.54, 1.807) is 0 Å². The van der Waals surface area contributed by atoms with Crippen LogP contribution in [-0.4, -0.2) is 105 Å². The fraction of sp³-hybridized carbons (Fsp3) is 0.732. The van der Waals surface area contributed by atoms with Gasteiger partial charge in [-0.15, -0.1) is 0 Å². The predicted octanol–water partition coefficient (Wildman–Crippen LogP) is 31.4. The summed E-state index contributed by atoms with van der Waals surface area (Å²) in [6.45, 7) is 24.9. The summed E-state index contributed by atoms with van der Waals surface area (Å²) in [6.07, 6.45) is 94.4. The van der Waals surface area contributed by atoms with Crippen molar-refractivity contribution in [3.8, 4) is 0 Å². The Hall–Kier alpha value is -3.83. The fourth-order valence-electron chi connectivity index (χ4n) is 14.1. The van der Waals surface area contributed by atoms with Gasteiger partial charge in [-0.25, -0.2) is 0 Å². The third-order valence-corrected chi connectivity index (χ3v) is 29.2. The molecule has 0 bridgehead atoms. The van der Waals surface area contributed by atoms with Crippen LogP contribution in [0.4, 0.5) is 0 Å². The van der Waals surface area contributed by atoms with Gasteiger partial charge in [0.25, 0.3) is 7.82 Å². The first kappa shape index (κ1) is 142. The molecule has 814 valence electrons. The second kappa shape index (κ2) is 102. The number of unbranched alkanes of at least 4 members (excludes halogenated alkanes) is 27. The van der Waals surface area contributed by atoms with Crippen LogP contribution < -0.4 is 35.9 Å². The van der Waals surface area contributed by atoms with Crippen LogP contribution in [0, 0.1) is 0 Å². The highest BCUT2D eigenvalue weighted by Gasteiger charge is 2.11. The van der Waals surface area contributed by atoms with Gasteiger partial charge in [-0.1, -0.05) is 312 Å². The number of rotatable bonds is 89. The highest BCUT2D eigenvalue weighted by molar-refractivity contribution is 8.32. The Labute approximate surface area is 872 Å². The van der Waals surface area contributed by atoms with Gasteiger partial charge in [0.1, 0.15) is 13.4 Å². The quantitative estimate of drug-likeness (QED) is 0.0190. The van der Waals surface area contributed by atoms with Crippen LogP contribution in [0.3, 0.4) is 0 Å². The van der Waals surface area contributed by atoms with Gasteiger partial charge in [0.2, 0.25) is 23.6 Å². The van der Waals surface area contributed by atoms with E-state index in [0.29, 0.717) is 71.6 Å². The first-order chi connectivity index (χ1) is 66.9. The molecule has 0 radical (unpaired) electrons. The van der Waals surface area contributed by atoms with Crippen LogP contribution in [0.2, 0.25) is 0 Å². The zero-order valence-electron chi connectivity index (χ0n) is 91.4. The van der Waals surface area contributed by atoms with Gasteiger partial charge in [0, 0.05) is 80.3 Å². The molecule has 0 saturated carbocycles. The summed E-state index contributed by atoms with van der Waals surface area (Å²) in [5.74, 6) is 0.516. The van der Waals surface area contributed by atoms with E-state index in [4.69, 9.17) is 13.6 Å². The number of carbonyl (C=O) groups is 4. The van der Waals surface area contributed by atoms with Crippen molar-refractivity contribution in [1.82, 2.24) is 21.3 Å². The Kier molecular flexibility index (Phi) is 104. The number of hydrogen-bond acceptors (Lipinski definition) is 20. The summed E-state index contributed by atoms with van der Waals surface area (Å²) in [6, 6.07) is 0. The van der Waals surface area contributed by atoms with Gasteiger partial charge in [-0.2, -0.15) is 0 Å². The molecule has 0 aliphatic rings. The van der Waals surface area contributed by atoms with Gasteiger partial charge in [-0.05, 0) is 295 Å². The number of nitrogens with one attached hydrogen (secondary N) is 4. The molecule has 0 rings (SSSR count). The van der Waals surface area contributed by atoms with E-state index in [0.717, 1.165) is 270 Å². The first-order valence-corrected chi connectivity index (χ1v) is 62.6. The zero-order valence-corrected chi connectivity index (χ0v) is 97.5. The summed E-state index contributed by atoms with van der Waals surface area (Å²) in [5.41, 5.74) is 14.2. The molecule has 0 aliphatic carbocycles. The predicted molar refractivity (Wildman–Crippen MR) is 601 cm³/mol. The molecule has 0 heterocycles. The van der Waals surface area contributed by atoms with Crippen LogP contribution in [-0.2, 0) is 100 Å². The molecule has 4 atom stereocenters. The Morgan fingerprint density at radius 1 is 0.271 bits per heavy atom. The SMILES string of the molecule is CC/C=C\C/C=C\C/C=C\CCCCCCCC(=O)NCCCCCCOP([O-])(=S)OC.CCCCCCCCCCCC(=O)NCCCCCCOP(=O)([S-])OC.COP(=O)([O-])OCCCCCCNC(=O)CC/C(C)=C/CC/C(C)=C/CC/C=C(\C)CC/C=C(\C)CCC=C(C)C.COP([O-])(=S)OCCCCCCNC(=O)CC/C(C)=C/CC/C(C)=C/CC/C=C(\C)CC/C=C(\C)CCC=C(C)C. The molecular formula is C112H202N4O17P4S3-4. The van der Waals surface area contributed by atoms with E-state index in [-0.39, 0.29) is 30.2 Å². The normalized spacial score (nSPS) is 14.3. The van der Waals surface area contributed by atoms with Crippen molar-refractivity contribution in [1.29, 1.82) is 0 Å². The molecule has 0 aromatic carbocycles. The summed E-state index contributed by atoms with van der Waals surface area (Å²) in [5, 5.41) is 11.9. The van der Waals surface area contributed by atoms with E-state index in [9.17, 15) is 43.0 Å². The molecule has 0 spiro atoms. The van der Waals surface area contributed by atoms with E-state index in [2.05, 4.69) is 274 Å². The monoisotopic (exact) mass is 2100 g/mol. The van der Waals surface area contributed by atoms with E-state index in [1.807, 2.05) is 0 Å². The molecule has 4 amide bonds.